The molecule has 0 aliphatic heterocycles. The summed E-state index contributed by atoms with van der Waals surface area (Å²) >= 11 is 10.8. The second-order valence-corrected chi connectivity index (χ2v) is 12.9. The summed E-state index contributed by atoms with van der Waals surface area (Å²) in [6, 6.07) is 3.54. The first-order valence-electron chi connectivity index (χ1n) is 7.43. The van der Waals surface area contributed by atoms with E-state index in [1.807, 2.05) is 13.0 Å². The Morgan fingerprint density at radius 3 is 2.39 bits per heavy atom. The van der Waals surface area contributed by atoms with Gasteiger partial charge in [-0.1, -0.05) is 40.7 Å². The van der Waals surface area contributed by atoms with Gasteiger partial charge in [0, 0.05) is 21.7 Å². The average molecular weight is 620 g/mol. The summed E-state index contributed by atoms with van der Waals surface area (Å²) in [5.74, 6) is 0. The topological polar surface area (TPSA) is 17.3 Å². The number of halogens is 6. The van der Waals surface area contributed by atoms with E-state index in [-0.39, 0.29) is 47.6 Å². The molecular formula is C17H18BrClF3ILiN2PS. The molecule has 0 unspecified atom stereocenters. The van der Waals surface area contributed by atoms with E-state index in [1.165, 1.54) is 7.05 Å². The fourth-order valence-electron chi connectivity index (χ4n) is 2.04. The molecule has 0 radical (unpaired) electrons. The summed E-state index contributed by atoms with van der Waals surface area (Å²) in [6.45, 7) is 4.45. The predicted octanol–water partition coefficient (Wildman–Crippen LogP) is 0.710. The predicted molar refractivity (Wildman–Crippen MR) is 112 cm³/mol. The number of thiazole rings is 1. The molecular weight excluding hydrogens is 601 g/mol. The Hall–Kier alpha value is 0.577. The van der Waals surface area contributed by atoms with Crippen molar-refractivity contribution in [2.75, 3.05) is 13.3 Å². The molecule has 0 spiro atoms. The van der Waals surface area contributed by atoms with Crippen LogP contribution in [0.15, 0.2) is 26.7 Å². The van der Waals surface area contributed by atoms with Gasteiger partial charge in [0.15, 0.2) is 4.80 Å². The number of benzene rings is 1. The minimum Gasteiger partial charge on any atom is -1.00 e. The van der Waals surface area contributed by atoms with Crippen molar-refractivity contribution in [3.05, 3.63) is 48.4 Å². The van der Waals surface area contributed by atoms with E-state index in [0.717, 1.165) is 36.6 Å². The van der Waals surface area contributed by atoms with E-state index >= 15 is 0 Å². The Morgan fingerprint density at radius 2 is 1.93 bits per heavy atom. The van der Waals surface area contributed by atoms with E-state index < -0.39 is 18.8 Å². The zero-order valence-corrected chi connectivity index (χ0v) is 22.2. The monoisotopic (exact) mass is 618 g/mol. The van der Waals surface area contributed by atoms with Gasteiger partial charge in [-0.25, -0.2) is 4.99 Å². The number of aromatic nitrogens is 1. The molecule has 0 aliphatic rings. The molecule has 2 aromatic rings. The fraction of sp³-hybridized carbons (Fsp3) is 0.294. The minimum absolute atomic E-state index is 0. The standard InChI is InChI=1S/C17H18BrClF3N2PS.HI.Li/c1-10-6-12(19)11(8-15(18)25(3,4)5)7-13(10)23-16-24(2)14(9-26-16)17(20,21)22;;/h6-9H,3H2,1-2,4-5H3;1H;/q;;+1/p-1/b15-8+,23-16?;;. The van der Waals surface area contributed by atoms with Crippen molar-refractivity contribution in [3.8, 4) is 0 Å². The van der Waals surface area contributed by atoms with Gasteiger partial charge in [-0.15, -0.1) is 11.3 Å². The Bertz CT molecular complexity index is 995. The van der Waals surface area contributed by atoms with Gasteiger partial charge in [-0.3, -0.25) is 0 Å². The van der Waals surface area contributed by atoms with Gasteiger partial charge in [-0.05, 0) is 49.6 Å². The summed E-state index contributed by atoms with van der Waals surface area (Å²) in [6.07, 6.45) is 1.66. The molecule has 2 rings (SSSR count). The van der Waals surface area contributed by atoms with Crippen molar-refractivity contribution in [2.24, 2.45) is 12.0 Å². The molecule has 28 heavy (non-hydrogen) atoms. The van der Waals surface area contributed by atoms with E-state index in [2.05, 4.69) is 40.6 Å². The molecule has 150 valence electrons. The Labute approximate surface area is 209 Å². The number of aryl methyl sites for hydroxylation is 1. The summed E-state index contributed by atoms with van der Waals surface area (Å²) in [5, 5.41) is 1.62. The Morgan fingerprint density at radius 1 is 1.36 bits per heavy atom. The zero-order valence-electron chi connectivity index (χ0n) is 16.0. The van der Waals surface area contributed by atoms with Gasteiger partial charge in [0.2, 0.25) is 0 Å². The number of hydrogen-bond donors (Lipinski definition) is 0. The zero-order chi connectivity index (χ0) is 19.9. The molecule has 0 amide bonds. The largest absolute Gasteiger partial charge is 1.00 e. The second kappa shape index (κ2) is 10.7. The van der Waals surface area contributed by atoms with Crippen LogP contribution in [0.2, 0.25) is 5.02 Å². The summed E-state index contributed by atoms with van der Waals surface area (Å²) in [5.41, 5.74) is 1.38. The van der Waals surface area contributed by atoms with E-state index in [9.17, 15) is 13.2 Å². The van der Waals surface area contributed by atoms with Crippen LogP contribution < -0.4 is 47.6 Å². The minimum atomic E-state index is -4.41. The van der Waals surface area contributed by atoms with Gasteiger partial charge in [0.1, 0.15) is 5.69 Å². The SMILES string of the molecule is C=P(C)(C)/C(Br)=C/c1cc(N=c2scc(C(F)(F)F)n2C)c(C)cc1Cl.[I-].[Li+]. The summed E-state index contributed by atoms with van der Waals surface area (Å²) < 4.78 is 40.9. The van der Waals surface area contributed by atoms with Crippen molar-refractivity contribution >= 4 is 63.8 Å². The molecule has 1 aromatic carbocycles. The number of hydrogen-bond acceptors (Lipinski definition) is 2. The van der Waals surface area contributed by atoms with Crippen LogP contribution in [-0.2, 0) is 13.2 Å². The average Bonchev–Trinajstić information content (AvgIpc) is 2.84. The van der Waals surface area contributed by atoms with Gasteiger partial charge in [0.25, 0.3) is 0 Å². The number of rotatable bonds is 3. The Kier molecular flexibility index (Phi) is 11.0. The number of alkyl halides is 3. The van der Waals surface area contributed by atoms with Gasteiger partial charge in [-0.2, -0.15) is 13.2 Å². The van der Waals surface area contributed by atoms with Crippen LogP contribution in [-0.4, -0.2) is 24.2 Å². The molecule has 0 N–H and O–H groups in total. The maximum Gasteiger partial charge on any atom is 1.00 e. The number of nitrogens with zero attached hydrogens (tertiary/aromatic N) is 2. The second-order valence-electron chi connectivity index (χ2n) is 6.38. The molecule has 1 aromatic heterocycles. The maximum atomic E-state index is 13.0. The van der Waals surface area contributed by atoms with Crippen LogP contribution in [0.1, 0.15) is 16.8 Å². The van der Waals surface area contributed by atoms with Crippen LogP contribution in [0, 0.1) is 6.92 Å². The smallest absolute Gasteiger partial charge is 1.00 e. The van der Waals surface area contributed by atoms with Crippen LogP contribution in [0.4, 0.5) is 18.9 Å². The molecule has 0 bridgehead atoms. The molecule has 11 heteroatoms. The molecule has 0 fully saturated rings. The van der Waals surface area contributed by atoms with Gasteiger partial charge < -0.3 is 28.5 Å². The van der Waals surface area contributed by atoms with Crippen molar-refractivity contribution < 1.29 is 56.0 Å². The third-order valence-corrected chi connectivity index (χ3v) is 9.24. The van der Waals surface area contributed by atoms with Crippen molar-refractivity contribution in [1.29, 1.82) is 0 Å². The first-order chi connectivity index (χ1) is 11.8. The third kappa shape index (κ3) is 7.07. The van der Waals surface area contributed by atoms with Crippen molar-refractivity contribution in [2.45, 2.75) is 13.1 Å². The molecule has 0 atom stereocenters. The third-order valence-electron chi connectivity index (χ3n) is 3.60. The van der Waals surface area contributed by atoms with Gasteiger partial charge >= 0.3 is 25.0 Å². The molecule has 2 nitrogen and oxygen atoms in total. The van der Waals surface area contributed by atoms with Crippen LogP contribution in [0.5, 0.6) is 0 Å². The first-order valence-corrected chi connectivity index (χ1v) is 12.4. The first kappa shape index (κ1) is 28.6. The molecule has 1 heterocycles. The van der Waals surface area contributed by atoms with Crippen LogP contribution >= 0.6 is 45.8 Å². The summed E-state index contributed by atoms with van der Waals surface area (Å²) in [4.78, 5) is 4.68. The quantitative estimate of drug-likeness (QED) is 0.274. The fourth-order valence-corrected chi connectivity index (χ4v) is 3.97. The van der Waals surface area contributed by atoms with E-state index in [0.29, 0.717) is 10.7 Å². The Balaban J connectivity index is 0.00000364. The van der Waals surface area contributed by atoms with Crippen LogP contribution in [0.3, 0.4) is 0 Å². The van der Waals surface area contributed by atoms with E-state index in [4.69, 9.17) is 11.6 Å². The molecule has 0 saturated carbocycles. The van der Waals surface area contributed by atoms with Crippen LogP contribution in [0.25, 0.3) is 6.08 Å². The van der Waals surface area contributed by atoms with Gasteiger partial charge in [0.05, 0.1) is 5.69 Å². The van der Waals surface area contributed by atoms with E-state index in [1.54, 1.807) is 12.1 Å². The summed E-state index contributed by atoms with van der Waals surface area (Å²) in [7, 11) is 1.36. The normalized spacial score (nSPS) is 13.2. The van der Waals surface area contributed by atoms with Crippen molar-refractivity contribution in [3.63, 3.8) is 0 Å². The molecule has 0 aliphatic carbocycles. The maximum absolute atomic E-state index is 13.0. The van der Waals surface area contributed by atoms with Crippen molar-refractivity contribution in [1.82, 2.24) is 4.57 Å². The molecule has 0 saturated heterocycles.